The van der Waals surface area contributed by atoms with Crippen LogP contribution >= 0.6 is 0 Å². The standard InChI is InChI=1S/C24H26F2O3/c1-15(2)10-11-19-20(13-17(28-19)12-16-8-6-5-7-9-16)29-23(27)22-18(14-21(25)26)24(22,3)4/h5-10,13-14,18,22H,11-12H2,1-4H3. The first-order valence-corrected chi connectivity index (χ1v) is 9.72. The van der Waals surface area contributed by atoms with Crippen molar-refractivity contribution >= 4 is 5.97 Å². The summed E-state index contributed by atoms with van der Waals surface area (Å²) >= 11 is 0. The fourth-order valence-electron chi connectivity index (χ4n) is 3.62. The number of carbonyl (C=O) groups excluding carboxylic acids is 1. The Morgan fingerprint density at radius 1 is 1.21 bits per heavy atom. The molecule has 1 saturated carbocycles. The number of carbonyl (C=O) groups is 1. The highest BCUT2D eigenvalue weighted by Gasteiger charge is 2.62. The maximum Gasteiger partial charge on any atom is 0.315 e. The predicted octanol–water partition coefficient (Wildman–Crippen LogP) is 6.34. The van der Waals surface area contributed by atoms with Crippen molar-refractivity contribution in [1.82, 2.24) is 0 Å². The number of allylic oxidation sites excluding steroid dienone is 3. The molecule has 154 valence electrons. The Morgan fingerprint density at radius 2 is 1.90 bits per heavy atom. The van der Waals surface area contributed by atoms with Crippen molar-refractivity contribution in [2.24, 2.45) is 17.3 Å². The normalized spacial score (nSPS) is 19.4. The molecule has 0 amide bonds. The first-order valence-electron chi connectivity index (χ1n) is 9.72. The number of hydrogen-bond acceptors (Lipinski definition) is 3. The molecule has 29 heavy (non-hydrogen) atoms. The second-order valence-electron chi connectivity index (χ2n) is 8.35. The van der Waals surface area contributed by atoms with Gasteiger partial charge in [0, 0.05) is 24.8 Å². The summed E-state index contributed by atoms with van der Waals surface area (Å²) in [6, 6.07) is 11.6. The van der Waals surface area contributed by atoms with Gasteiger partial charge in [-0.05, 0) is 30.9 Å². The van der Waals surface area contributed by atoms with Crippen LogP contribution in [0.1, 0.15) is 44.8 Å². The third kappa shape index (κ3) is 5.03. The van der Waals surface area contributed by atoms with Crippen molar-refractivity contribution in [1.29, 1.82) is 0 Å². The molecular weight excluding hydrogens is 374 g/mol. The highest BCUT2D eigenvalue weighted by Crippen LogP contribution is 2.60. The zero-order valence-electron chi connectivity index (χ0n) is 17.2. The summed E-state index contributed by atoms with van der Waals surface area (Å²) in [5.41, 5.74) is 1.66. The van der Waals surface area contributed by atoms with Gasteiger partial charge in [-0.15, -0.1) is 0 Å². The number of esters is 1. The number of halogens is 2. The fraction of sp³-hybridized carbons (Fsp3) is 0.375. The van der Waals surface area contributed by atoms with Crippen LogP contribution in [0.15, 0.2) is 64.6 Å². The molecule has 3 rings (SSSR count). The minimum absolute atomic E-state index is 0.365. The zero-order valence-corrected chi connectivity index (χ0v) is 17.2. The monoisotopic (exact) mass is 400 g/mol. The Balaban J connectivity index is 1.80. The average molecular weight is 400 g/mol. The van der Waals surface area contributed by atoms with E-state index in [0.29, 0.717) is 30.1 Å². The van der Waals surface area contributed by atoms with E-state index in [4.69, 9.17) is 9.15 Å². The van der Waals surface area contributed by atoms with Gasteiger partial charge in [0.25, 0.3) is 6.08 Å². The number of rotatable bonds is 7. The van der Waals surface area contributed by atoms with Crippen molar-refractivity contribution in [3.63, 3.8) is 0 Å². The van der Waals surface area contributed by atoms with Gasteiger partial charge in [-0.1, -0.05) is 55.8 Å². The van der Waals surface area contributed by atoms with Gasteiger partial charge in [0.15, 0.2) is 11.5 Å². The van der Waals surface area contributed by atoms with Crippen molar-refractivity contribution < 1.29 is 22.7 Å². The third-order valence-corrected chi connectivity index (χ3v) is 5.42. The molecule has 2 unspecified atom stereocenters. The van der Waals surface area contributed by atoms with Crippen LogP contribution in [0.4, 0.5) is 8.78 Å². The molecule has 1 aromatic heterocycles. The van der Waals surface area contributed by atoms with E-state index in [2.05, 4.69) is 0 Å². The fourth-order valence-corrected chi connectivity index (χ4v) is 3.62. The van der Waals surface area contributed by atoms with Crippen molar-refractivity contribution in [3.05, 3.63) is 77.3 Å². The Kier molecular flexibility index (Phi) is 6.06. The second kappa shape index (κ2) is 8.36. The second-order valence-corrected chi connectivity index (χ2v) is 8.35. The molecule has 2 aromatic rings. The summed E-state index contributed by atoms with van der Waals surface area (Å²) in [7, 11) is 0. The van der Waals surface area contributed by atoms with Crippen LogP contribution in [0.25, 0.3) is 0 Å². The largest absolute Gasteiger partial charge is 0.461 e. The Morgan fingerprint density at radius 3 is 2.52 bits per heavy atom. The number of benzene rings is 1. The number of ether oxygens (including phenoxy) is 1. The molecule has 1 aliphatic rings. The average Bonchev–Trinajstić information content (AvgIpc) is 2.97. The molecule has 0 spiro atoms. The minimum Gasteiger partial charge on any atom is -0.461 e. The molecule has 1 heterocycles. The molecule has 5 heteroatoms. The van der Waals surface area contributed by atoms with E-state index >= 15 is 0 Å². The topological polar surface area (TPSA) is 39.4 Å². The predicted molar refractivity (Wildman–Crippen MR) is 108 cm³/mol. The van der Waals surface area contributed by atoms with Gasteiger partial charge in [0.1, 0.15) is 5.76 Å². The summed E-state index contributed by atoms with van der Waals surface area (Å²) in [5.74, 6) is 0.0162. The summed E-state index contributed by atoms with van der Waals surface area (Å²) in [4.78, 5) is 12.7. The maximum atomic E-state index is 12.7. The van der Waals surface area contributed by atoms with E-state index in [9.17, 15) is 13.6 Å². The van der Waals surface area contributed by atoms with Crippen LogP contribution in [-0.2, 0) is 17.6 Å². The van der Waals surface area contributed by atoms with E-state index in [-0.39, 0.29) is 0 Å². The van der Waals surface area contributed by atoms with Crippen LogP contribution in [0.3, 0.4) is 0 Å². The van der Waals surface area contributed by atoms with Crippen LogP contribution in [0, 0.1) is 17.3 Å². The molecule has 0 bridgehead atoms. The van der Waals surface area contributed by atoms with Crippen molar-refractivity contribution in [2.75, 3.05) is 0 Å². The lowest BCUT2D eigenvalue weighted by Crippen LogP contribution is -2.14. The van der Waals surface area contributed by atoms with E-state index < -0.39 is 29.3 Å². The summed E-state index contributed by atoms with van der Waals surface area (Å²) in [6.45, 7) is 7.55. The van der Waals surface area contributed by atoms with Gasteiger partial charge in [-0.25, -0.2) is 0 Å². The Labute approximate surface area is 170 Å². The molecule has 0 aliphatic heterocycles. The molecular formula is C24H26F2O3. The van der Waals surface area contributed by atoms with Gasteiger partial charge in [-0.2, -0.15) is 8.78 Å². The van der Waals surface area contributed by atoms with E-state index in [1.54, 1.807) is 19.9 Å². The smallest absolute Gasteiger partial charge is 0.315 e. The molecule has 2 atom stereocenters. The third-order valence-electron chi connectivity index (χ3n) is 5.42. The number of furan rings is 1. The quantitative estimate of drug-likeness (QED) is 0.402. The Hall–Kier alpha value is -2.69. The molecule has 0 N–H and O–H groups in total. The van der Waals surface area contributed by atoms with E-state index in [0.717, 1.165) is 17.2 Å². The molecule has 1 aromatic carbocycles. The van der Waals surface area contributed by atoms with Gasteiger partial charge in [0.05, 0.1) is 5.92 Å². The summed E-state index contributed by atoms with van der Waals surface area (Å²) in [5, 5.41) is 0. The van der Waals surface area contributed by atoms with Gasteiger partial charge < -0.3 is 9.15 Å². The van der Waals surface area contributed by atoms with E-state index in [1.165, 1.54) is 0 Å². The van der Waals surface area contributed by atoms with Gasteiger partial charge in [-0.3, -0.25) is 4.79 Å². The first kappa shape index (κ1) is 21.0. The van der Waals surface area contributed by atoms with E-state index in [1.807, 2.05) is 50.3 Å². The van der Waals surface area contributed by atoms with Crippen LogP contribution in [-0.4, -0.2) is 5.97 Å². The first-order chi connectivity index (χ1) is 13.7. The highest BCUT2D eigenvalue weighted by molar-refractivity contribution is 5.80. The Bertz CT molecular complexity index is 930. The maximum absolute atomic E-state index is 12.7. The van der Waals surface area contributed by atoms with Crippen molar-refractivity contribution in [3.8, 4) is 5.75 Å². The molecule has 3 nitrogen and oxygen atoms in total. The molecule has 1 fully saturated rings. The molecule has 0 radical (unpaired) electrons. The summed E-state index contributed by atoms with van der Waals surface area (Å²) in [6.07, 6.45) is 2.15. The lowest BCUT2D eigenvalue weighted by atomic mass is 10.1. The SMILES string of the molecule is CC(C)=CCc1oc(Cc2ccccc2)cc1OC(=O)C1C(C=C(F)F)C1(C)C. The minimum atomic E-state index is -1.77. The van der Waals surface area contributed by atoms with Crippen LogP contribution in [0.5, 0.6) is 5.75 Å². The molecule has 1 aliphatic carbocycles. The lowest BCUT2D eigenvalue weighted by molar-refractivity contribution is -0.136. The number of hydrogen-bond donors (Lipinski definition) is 0. The zero-order chi connectivity index (χ0) is 21.2. The highest BCUT2D eigenvalue weighted by atomic mass is 19.3. The molecule has 0 saturated heterocycles. The van der Waals surface area contributed by atoms with Gasteiger partial charge >= 0.3 is 5.97 Å². The van der Waals surface area contributed by atoms with Gasteiger partial charge in [0.2, 0.25) is 0 Å². The van der Waals surface area contributed by atoms with Crippen LogP contribution < -0.4 is 4.74 Å². The summed E-state index contributed by atoms with van der Waals surface area (Å²) < 4.78 is 36.9. The van der Waals surface area contributed by atoms with Crippen molar-refractivity contribution in [2.45, 2.75) is 40.5 Å². The lowest BCUT2D eigenvalue weighted by Gasteiger charge is -2.04. The van der Waals surface area contributed by atoms with Crippen LogP contribution in [0.2, 0.25) is 0 Å².